The number of anilines is 1. The Hall–Kier alpha value is -3.31. The summed E-state index contributed by atoms with van der Waals surface area (Å²) in [5, 5.41) is 8.01. The third-order valence-electron chi connectivity index (χ3n) is 4.56. The highest BCUT2D eigenvalue weighted by atomic mass is 35.5. The second kappa shape index (κ2) is 7.37. The molecule has 140 valence electrons. The first kappa shape index (κ1) is 18.1. The Bertz CT molecular complexity index is 1130. The molecule has 1 amide bonds. The maximum atomic E-state index is 13.1. The van der Waals surface area contributed by atoms with E-state index < -0.39 is 0 Å². The summed E-state index contributed by atoms with van der Waals surface area (Å²) in [5.41, 5.74) is 4.13. The molecule has 2 aromatic carbocycles. The van der Waals surface area contributed by atoms with Crippen molar-refractivity contribution >= 4 is 23.2 Å². The number of rotatable bonds is 4. The highest BCUT2D eigenvalue weighted by Gasteiger charge is 2.20. The Morgan fingerprint density at radius 1 is 1.04 bits per heavy atom. The van der Waals surface area contributed by atoms with E-state index in [0.29, 0.717) is 22.1 Å². The van der Waals surface area contributed by atoms with Gasteiger partial charge in [0.05, 0.1) is 11.9 Å². The molecular weight excluding hydrogens is 372 g/mol. The van der Waals surface area contributed by atoms with E-state index in [1.54, 1.807) is 23.0 Å². The molecule has 4 aromatic rings. The Labute approximate surface area is 168 Å². The topological polar surface area (TPSA) is 51.9 Å². The van der Waals surface area contributed by atoms with Crippen molar-refractivity contribution < 1.29 is 4.79 Å². The zero-order valence-corrected chi connectivity index (χ0v) is 16.3. The van der Waals surface area contributed by atoms with Gasteiger partial charge in [0.1, 0.15) is 5.56 Å². The predicted molar refractivity (Wildman–Crippen MR) is 112 cm³/mol. The zero-order valence-electron chi connectivity index (χ0n) is 15.6. The van der Waals surface area contributed by atoms with Gasteiger partial charge >= 0.3 is 0 Å². The minimum Gasteiger partial charge on any atom is -0.322 e. The molecule has 28 heavy (non-hydrogen) atoms. The first-order valence-corrected chi connectivity index (χ1v) is 9.26. The average molecular weight is 391 g/mol. The van der Waals surface area contributed by atoms with Gasteiger partial charge in [0.25, 0.3) is 5.91 Å². The van der Waals surface area contributed by atoms with Gasteiger partial charge in [0.15, 0.2) is 5.82 Å². The summed E-state index contributed by atoms with van der Waals surface area (Å²) in [7, 11) is 0. The van der Waals surface area contributed by atoms with Crippen molar-refractivity contribution in [1.82, 2.24) is 14.3 Å². The lowest BCUT2D eigenvalue weighted by molar-refractivity contribution is 0.102. The Kier molecular flexibility index (Phi) is 4.75. The number of aromatic nitrogens is 3. The fourth-order valence-corrected chi connectivity index (χ4v) is 3.19. The molecule has 0 radical (unpaired) electrons. The van der Waals surface area contributed by atoms with Crippen molar-refractivity contribution in [2.24, 2.45) is 0 Å². The van der Waals surface area contributed by atoms with Crippen LogP contribution in [0, 0.1) is 13.8 Å². The van der Waals surface area contributed by atoms with E-state index in [0.717, 1.165) is 16.8 Å². The van der Waals surface area contributed by atoms with E-state index in [-0.39, 0.29) is 5.91 Å². The highest BCUT2D eigenvalue weighted by Crippen LogP contribution is 2.24. The number of nitrogens with zero attached hydrogens (tertiary/aromatic N) is 3. The number of hydrogen-bond donors (Lipinski definition) is 1. The van der Waals surface area contributed by atoms with Crippen LogP contribution in [-0.4, -0.2) is 20.3 Å². The second-order valence-corrected chi connectivity index (χ2v) is 7.07. The minimum atomic E-state index is -0.243. The first-order valence-electron chi connectivity index (χ1n) is 8.89. The molecule has 0 spiro atoms. The lowest BCUT2D eigenvalue weighted by Crippen LogP contribution is -2.16. The number of aryl methyl sites for hydroxylation is 2. The predicted octanol–water partition coefficient (Wildman–Crippen LogP) is 5.19. The largest absolute Gasteiger partial charge is 0.322 e. The summed E-state index contributed by atoms with van der Waals surface area (Å²) in [6.07, 6.45) is 5.37. The van der Waals surface area contributed by atoms with Crippen LogP contribution in [0.5, 0.6) is 0 Å². The Balaban J connectivity index is 1.78. The molecular formula is C22H19ClN4O. The molecule has 0 bridgehead atoms. The van der Waals surface area contributed by atoms with E-state index in [2.05, 4.69) is 10.4 Å². The van der Waals surface area contributed by atoms with E-state index in [1.807, 2.05) is 73.3 Å². The van der Waals surface area contributed by atoms with Gasteiger partial charge in [-0.2, -0.15) is 5.10 Å². The molecule has 0 aliphatic rings. The number of amides is 1. The molecule has 0 saturated carbocycles. The van der Waals surface area contributed by atoms with Crippen molar-refractivity contribution in [2.75, 3.05) is 5.32 Å². The van der Waals surface area contributed by atoms with Gasteiger partial charge in [-0.1, -0.05) is 35.4 Å². The molecule has 4 rings (SSSR count). The normalized spacial score (nSPS) is 10.8. The quantitative estimate of drug-likeness (QED) is 0.521. The summed E-state index contributed by atoms with van der Waals surface area (Å²) < 4.78 is 3.64. The maximum Gasteiger partial charge on any atom is 0.261 e. The van der Waals surface area contributed by atoms with Gasteiger partial charge in [-0.15, -0.1) is 0 Å². The fraction of sp³-hybridized carbons (Fsp3) is 0.0909. The second-order valence-electron chi connectivity index (χ2n) is 6.63. The van der Waals surface area contributed by atoms with Crippen LogP contribution < -0.4 is 5.32 Å². The van der Waals surface area contributed by atoms with Crippen molar-refractivity contribution in [2.45, 2.75) is 13.8 Å². The fourth-order valence-electron chi connectivity index (χ4n) is 3.02. The summed E-state index contributed by atoms with van der Waals surface area (Å²) in [6, 6.07) is 17.3. The number of carbonyl (C=O) groups is 1. The zero-order chi connectivity index (χ0) is 19.7. The van der Waals surface area contributed by atoms with Gasteiger partial charge in [-0.25, -0.2) is 4.68 Å². The molecule has 2 aromatic heterocycles. The molecule has 0 atom stereocenters. The molecule has 1 N–H and O–H groups in total. The van der Waals surface area contributed by atoms with Crippen molar-refractivity contribution in [1.29, 1.82) is 0 Å². The lowest BCUT2D eigenvalue weighted by atomic mass is 10.2. The standard InChI is InChI=1S/C22H19ClN4O/c1-15-5-9-18(10-6-15)27-22(26-11-3-4-12-26)19(14-24-27)21(28)25-20-13-17(23)8-7-16(20)2/h3-14H,1-2H3,(H,25,28). The van der Waals surface area contributed by atoms with Gasteiger partial charge in [-0.3, -0.25) is 4.79 Å². The first-order chi connectivity index (χ1) is 13.5. The number of carbonyl (C=O) groups excluding carboxylic acids is 1. The Morgan fingerprint density at radius 3 is 2.46 bits per heavy atom. The molecule has 6 heteroatoms. The molecule has 0 aliphatic carbocycles. The number of nitrogens with one attached hydrogen (secondary N) is 1. The van der Waals surface area contributed by atoms with Crippen LogP contribution in [-0.2, 0) is 0 Å². The average Bonchev–Trinajstić information content (AvgIpc) is 3.34. The van der Waals surface area contributed by atoms with Crippen LogP contribution in [0.15, 0.2) is 73.2 Å². The summed E-state index contributed by atoms with van der Waals surface area (Å²) in [5.74, 6) is 0.429. The number of benzene rings is 2. The van der Waals surface area contributed by atoms with E-state index in [9.17, 15) is 4.79 Å². The molecule has 0 aliphatic heterocycles. The van der Waals surface area contributed by atoms with Gasteiger partial charge in [0, 0.05) is 23.1 Å². The number of hydrogen-bond acceptors (Lipinski definition) is 2. The molecule has 0 unspecified atom stereocenters. The van der Waals surface area contributed by atoms with Crippen molar-refractivity contribution in [3.63, 3.8) is 0 Å². The van der Waals surface area contributed by atoms with E-state index in [4.69, 9.17) is 11.6 Å². The molecule has 0 saturated heterocycles. The third kappa shape index (κ3) is 3.44. The SMILES string of the molecule is Cc1ccc(-n2ncc(C(=O)Nc3cc(Cl)ccc3C)c2-n2cccc2)cc1. The van der Waals surface area contributed by atoms with E-state index >= 15 is 0 Å². The molecule has 2 heterocycles. The van der Waals surface area contributed by atoms with Crippen LogP contribution in [0.25, 0.3) is 11.5 Å². The molecule has 5 nitrogen and oxygen atoms in total. The van der Waals surface area contributed by atoms with Crippen LogP contribution in [0.1, 0.15) is 21.5 Å². The third-order valence-corrected chi connectivity index (χ3v) is 4.80. The van der Waals surface area contributed by atoms with Crippen molar-refractivity contribution in [3.8, 4) is 11.5 Å². The molecule has 0 fully saturated rings. The number of halogens is 1. The Morgan fingerprint density at radius 2 is 1.75 bits per heavy atom. The maximum absolute atomic E-state index is 13.1. The van der Waals surface area contributed by atoms with Gasteiger partial charge in [0.2, 0.25) is 0 Å². The van der Waals surface area contributed by atoms with Crippen molar-refractivity contribution in [3.05, 3.63) is 94.9 Å². The summed E-state index contributed by atoms with van der Waals surface area (Å²) >= 11 is 6.08. The monoisotopic (exact) mass is 390 g/mol. The van der Waals surface area contributed by atoms with Crippen LogP contribution >= 0.6 is 11.6 Å². The smallest absolute Gasteiger partial charge is 0.261 e. The summed E-state index contributed by atoms with van der Waals surface area (Å²) in [4.78, 5) is 13.1. The van der Waals surface area contributed by atoms with Gasteiger partial charge < -0.3 is 9.88 Å². The van der Waals surface area contributed by atoms with Crippen LogP contribution in [0.2, 0.25) is 5.02 Å². The minimum absolute atomic E-state index is 0.243. The highest BCUT2D eigenvalue weighted by molar-refractivity contribution is 6.31. The van der Waals surface area contributed by atoms with E-state index in [1.165, 1.54) is 0 Å². The van der Waals surface area contributed by atoms with Crippen LogP contribution in [0.3, 0.4) is 0 Å². The van der Waals surface area contributed by atoms with Gasteiger partial charge in [-0.05, 0) is 55.8 Å². The lowest BCUT2D eigenvalue weighted by Gasteiger charge is -2.12. The van der Waals surface area contributed by atoms with Crippen LogP contribution in [0.4, 0.5) is 5.69 Å². The summed E-state index contributed by atoms with van der Waals surface area (Å²) in [6.45, 7) is 3.96.